The lowest BCUT2D eigenvalue weighted by Gasteiger charge is -2.18. The van der Waals surface area contributed by atoms with Gasteiger partial charge in [-0.3, -0.25) is 0 Å². The first-order chi connectivity index (χ1) is 7.84. The molecule has 1 aromatic carbocycles. The maximum absolute atomic E-state index is 12.4. The minimum Gasteiger partial charge on any atom is -0.330 e. The van der Waals surface area contributed by atoms with E-state index in [0.717, 1.165) is 24.1 Å². The van der Waals surface area contributed by atoms with E-state index in [1.165, 1.54) is 12.1 Å². The van der Waals surface area contributed by atoms with Crippen molar-refractivity contribution in [1.82, 2.24) is 0 Å². The number of nitrogens with two attached hydrogens (primary N) is 1. The summed E-state index contributed by atoms with van der Waals surface area (Å²) in [5.41, 5.74) is 5.93. The predicted octanol–water partition coefficient (Wildman–Crippen LogP) is 3.79. The molecule has 0 amide bonds. The summed E-state index contributed by atoms with van der Waals surface area (Å²) < 4.78 is 37.2. The van der Waals surface area contributed by atoms with E-state index < -0.39 is 11.7 Å². The lowest BCUT2D eigenvalue weighted by atomic mass is 9.90. The van der Waals surface area contributed by atoms with Crippen LogP contribution in [0.2, 0.25) is 0 Å². The molecule has 0 saturated carbocycles. The van der Waals surface area contributed by atoms with Crippen molar-refractivity contribution >= 4 is 0 Å². The number of halogens is 3. The van der Waals surface area contributed by atoms with E-state index in [4.69, 9.17) is 5.73 Å². The van der Waals surface area contributed by atoms with E-state index in [1.807, 2.05) is 0 Å². The Bertz CT molecular complexity index is 341. The fourth-order valence-electron chi connectivity index (χ4n) is 1.88. The van der Waals surface area contributed by atoms with Crippen molar-refractivity contribution in [2.24, 2.45) is 11.7 Å². The van der Waals surface area contributed by atoms with Crippen molar-refractivity contribution in [3.05, 3.63) is 35.4 Å². The highest BCUT2D eigenvalue weighted by Gasteiger charge is 2.30. The maximum atomic E-state index is 12.4. The lowest BCUT2D eigenvalue weighted by Crippen LogP contribution is -2.15. The SMILES string of the molecule is CC(C)CC(CN)c1ccc(C(F)(F)F)cc1. The van der Waals surface area contributed by atoms with Crippen molar-refractivity contribution in [1.29, 1.82) is 0 Å². The average molecular weight is 245 g/mol. The van der Waals surface area contributed by atoms with Gasteiger partial charge in [-0.15, -0.1) is 0 Å². The highest BCUT2D eigenvalue weighted by molar-refractivity contribution is 5.27. The zero-order valence-electron chi connectivity index (χ0n) is 10.1. The van der Waals surface area contributed by atoms with Crippen LogP contribution < -0.4 is 5.73 Å². The summed E-state index contributed by atoms with van der Waals surface area (Å²) in [5, 5.41) is 0. The minimum atomic E-state index is -4.27. The molecule has 0 bridgehead atoms. The van der Waals surface area contributed by atoms with Gasteiger partial charge in [-0.25, -0.2) is 0 Å². The monoisotopic (exact) mass is 245 g/mol. The van der Waals surface area contributed by atoms with Crippen LogP contribution in [0, 0.1) is 5.92 Å². The van der Waals surface area contributed by atoms with Crippen LogP contribution in [0.15, 0.2) is 24.3 Å². The third-order valence-corrected chi connectivity index (χ3v) is 2.75. The quantitative estimate of drug-likeness (QED) is 0.858. The third-order valence-electron chi connectivity index (χ3n) is 2.75. The number of alkyl halides is 3. The van der Waals surface area contributed by atoms with Gasteiger partial charge in [-0.2, -0.15) is 13.2 Å². The van der Waals surface area contributed by atoms with Gasteiger partial charge >= 0.3 is 6.18 Å². The van der Waals surface area contributed by atoms with Gasteiger partial charge in [0.2, 0.25) is 0 Å². The lowest BCUT2D eigenvalue weighted by molar-refractivity contribution is -0.137. The van der Waals surface area contributed by atoms with Crippen LogP contribution in [0.5, 0.6) is 0 Å². The first kappa shape index (κ1) is 14.0. The Balaban J connectivity index is 2.85. The van der Waals surface area contributed by atoms with Gasteiger partial charge in [0.25, 0.3) is 0 Å². The Morgan fingerprint density at radius 1 is 1.12 bits per heavy atom. The fourth-order valence-corrected chi connectivity index (χ4v) is 1.88. The van der Waals surface area contributed by atoms with Crippen LogP contribution in [-0.2, 0) is 6.18 Å². The standard InChI is InChI=1S/C13H18F3N/c1-9(2)7-11(8-17)10-3-5-12(6-4-10)13(14,15)16/h3-6,9,11H,7-8,17H2,1-2H3. The van der Waals surface area contributed by atoms with Crippen LogP contribution in [-0.4, -0.2) is 6.54 Å². The van der Waals surface area contributed by atoms with E-state index in [0.29, 0.717) is 12.5 Å². The Kier molecular flexibility index (Phi) is 4.57. The number of rotatable bonds is 4. The Labute approximate surface area is 99.8 Å². The van der Waals surface area contributed by atoms with Gasteiger partial charge in [0.05, 0.1) is 5.56 Å². The summed E-state index contributed by atoms with van der Waals surface area (Å²) in [4.78, 5) is 0. The van der Waals surface area contributed by atoms with Gasteiger partial charge in [-0.05, 0) is 42.5 Å². The van der Waals surface area contributed by atoms with Gasteiger partial charge in [0, 0.05) is 0 Å². The van der Waals surface area contributed by atoms with E-state index in [9.17, 15) is 13.2 Å². The second kappa shape index (κ2) is 5.54. The highest BCUT2D eigenvalue weighted by atomic mass is 19.4. The molecule has 1 nitrogen and oxygen atoms in total. The molecule has 17 heavy (non-hydrogen) atoms. The van der Waals surface area contributed by atoms with Crippen LogP contribution in [0.1, 0.15) is 37.3 Å². The van der Waals surface area contributed by atoms with Gasteiger partial charge < -0.3 is 5.73 Å². The van der Waals surface area contributed by atoms with Gasteiger partial charge in [-0.1, -0.05) is 26.0 Å². The second-order valence-electron chi connectivity index (χ2n) is 4.68. The molecule has 4 heteroatoms. The zero-order valence-corrected chi connectivity index (χ0v) is 10.1. The van der Waals surface area contributed by atoms with E-state index in [1.54, 1.807) is 0 Å². The number of hydrogen-bond acceptors (Lipinski definition) is 1. The number of benzene rings is 1. The summed E-state index contributed by atoms with van der Waals surface area (Å²) in [7, 11) is 0. The Hall–Kier alpha value is -1.03. The van der Waals surface area contributed by atoms with Gasteiger partial charge in [0.1, 0.15) is 0 Å². The molecule has 0 fully saturated rings. The summed E-state index contributed by atoms with van der Waals surface area (Å²) in [6.07, 6.45) is -3.38. The van der Waals surface area contributed by atoms with Crippen LogP contribution in [0.3, 0.4) is 0 Å². The molecule has 0 radical (unpaired) electrons. The zero-order chi connectivity index (χ0) is 13.1. The number of hydrogen-bond donors (Lipinski definition) is 1. The molecule has 0 saturated heterocycles. The molecule has 2 N–H and O–H groups in total. The average Bonchev–Trinajstić information content (AvgIpc) is 2.24. The first-order valence-electron chi connectivity index (χ1n) is 5.71. The van der Waals surface area contributed by atoms with Crippen molar-refractivity contribution in [2.75, 3.05) is 6.54 Å². The Morgan fingerprint density at radius 2 is 1.65 bits per heavy atom. The molecule has 96 valence electrons. The minimum absolute atomic E-state index is 0.136. The molecule has 0 spiro atoms. The summed E-state index contributed by atoms with van der Waals surface area (Å²) in [6, 6.07) is 5.31. The molecule has 1 aromatic rings. The topological polar surface area (TPSA) is 26.0 Å². The van der Waals surface area contributed by atoms with E-state index >= 15 is 0 Å². The molecular weight excluding hydrogens is 227 g/mol. The molecule has 0 aliphatic heterocycles. The van der Waals surface area contributed by atoms with Crippen molar-refractivity contribution in [3.8, 4) is 0 Å². The Morgan fingerprint density at radius 3 is 2.00 bits per heavy atom. The molecule has 0 aliphatic carbocycles. The summed E-state index contributed by atoms with van der Waals surface area (Å²) in [6.45, 7) is 4.61. The first-order valence-corrected chi connectivity index (χ1v) is 5.71. The normalized spacial score (nSPS) is 14.1. The molecule has 0 heterocycles. The predicted molar refractivity (Wildman–Crippen MR) is 62.7 cm³/mol. The molecular formula is C13H18F3N. The fraction of sp³-hybridized carbons (Fsp3) is 0.538. The van der Waals surface area contributed by atoms with Crippen LogP contribution in [0.4, 0.5) is 13.2 Å². The summed E-state index contributed by atoms with van der Waals surface area (Å²) >= 11 is 0. The van der Waals surface area contributed by atoms with Gasteiger partial charge in [0.15, 0.2) is 0 Å². The molecule has 0 aliphatic rings. The maximum Gasteiger partial charge on any atom is 0.416 e. The van der Waals surface area contributed by atoms with Crippen LogP contribution in [0.25, 0.3) is 0 Å². The molecule has 0 aromatic heterocycles. The summed E-state index contributed by atoms with van der Waals surface area (Å²) in [5.74, 6) is 0.614. The third kappa shape index (κ3) is 4.04. The van der Waals surface area contributed by atoms with E-state index in [-0.39, 0.29) is 5.92 Å². The highest BCUT2D eigenvalue weighted by Crippen LogP contribution is 2.31. The van der Waals surface area contributed by atoms with Crippen molar-refractivity contribution in [3.63, 3.8) is 0 Å². The van der Waals surface area contributed by atoms with Crippen molar-refractivity contribution in [2.45, 2.75) is 32.4 Å². The smallest absolute Gasteiger partial charge is 0.330 e. The van der Waals surface area contributed by atoms with Crippen LogP contribution >= 0.6 is 0 Å². The molecule has 1 rings (SSSR count). The second-order valence-corrected chi connectivity index (χ2v) is 4.68. The van der Waals surface area contributed by atoms with E-state index in [2.05, 4.69) is 13.8 Å². The largest absolute Gasteiger partial charge is 0.416 e. The molecule has 1 unspecified atom stereocenters. The van der Waals surface area contributed by atoms with Crippen molar-refractivity contribution < 1.29 is 13.2 Å². The molecule has 1 atom stereocenters.